The van der Waals surface area contributed by atoms with Gasteiger partial charge in [-0.1, -0.05) is 13.8 Å². The number of aliphatic carboxylic acids is 3. The SMILES string of the molecule is CC(C)CC(NC(=O)C(CC(=O)O)NC(=O)C(CO)NC(=O)C(CCC(N)=O)NC(=O)C(CCC(N)=O)NC(=O)CN)C(=O)NC(CCC(=O)O)C(=O)O. The van der Waals surface area contributed by atoms with Crippen LogP contribution in [0.5, 0.6) is 0 Å². The summed E-state index contributed by atoms with van der Waals surface area (Å²) in [6.45, 7) is 1.56. The Bertz CT molecular complexity index is 1410. The largest absolute Gasteiger partial charge is 0.481 e. The number of nitrogens with two attached hydrogens (primary N) is 3. The van der Waals surface area contributed by atoms with Crippen molar-refractivity contribution in [2.75, 3.05) is 13.2 Å². The van der Waals surface area contributed by atoms with Crippen LogP contribution in [-0.4, -0.2) is 135 Å². The molecule has 0 heterocycles. The molecule has 304 valence electrons. The van der Waals surface area contributed by atoms with Crippen LogP contribution in [0.3, 0.4) is 0 Å². The minimum absolute atomic E-state index is 0.121. The molecule has 0 fully saturated rings. The van der Waals surface area contributed by atoms with E-state index < -0.39 is 147 Å². The fraction of sp³-hybridized carbons (Fsp3) is 0.633. The van der Waals surface area contributed by atoms with E-state index >= 15 is 0 Å². The highest BCUT2D eigenvalue weighted by Crippen LogP contribution is 2.09. The molecule has 0 aliphatic heterocycles. The molecule has 0 saturated heterocycles. The van der Waals surface area contributed by atoms with E-state index in [0.717, 1.165) is 0 Å². The Hall–Kier alpha value is -5.91. The van der Waals surface area contributed by atoms with E-state index in [2.05, 4.69) is 26.6 Å². The third-order valence-corrected chi connectivity index (χ3v) is 7.26. The maximum Gasteiger partial charge on any atom is 0.326 e. The van der Waals surface area contributed by atoms with Crippen molar-refractivity contribution in [3.05, 3.63) is 0 Å². The standard InChI is InChI=1S/C30H49N9O15/c1-13(2)9-17(27(50)36-16(30(53)54)5-8-23(44)45)37-28(51)18(10-24(46)47)38-29(52)19(12-40)39-26(49)15(4-7-21(33)42)35-25(48)14(3-6-20(32)41)34-22(43)11-31/h13-19,40H,3-12,31H2,1-2H3,(H2,32,41)(H2,33,42)(H,34,43)(H,35,48)(H,36,50)(H,37,51)(H,38,52)(H,39,49)(H,44,45)(H,46,47)(H,53,54). The third-order valence-electron chi connectivity index (χ3n) is 7.26. The van der Waals surface area contributed by atoms with Crippen LogP contribution in [0.15, 0.2) is 0 Å². The highest BCUT2D eigenvalue weighted by Gasteiger charge is 2.34. The first-order valence-corrected chi connectivity index (χ1v) is 16.5. The first-order valence-electron chi connectivity index (χ1n) is 16.5. The Morgan fingerprint density at radius 2 is 0.907 bits per heavy atom. The molecule has 6 atom stereocenters. The second-order valence-corrected chi connectivity index (χ2v) is 12.3. The zero-order valence-corrected chi connectivity index (χ0v) is 29.6. The fourth-order valence-electron chi connectivity index (χ4n) is 4.53. The van der Waals surface area contributed by atoms with Crippen LogP contribution in [0.2, 0.25) is 0 Å². The van der Waals surface area contributed by atoms with Crippen LogP contribution in [0, 0.1) is 5.92 Å². The summed E-state index contributed by atoms with van der Waals surface area (Å²) >= 11 is 0. The average molecular weight is 776 g/mol. The predicted octanol–water partition coefficient (Wildman–Crippen LogP) is -6.15. The van der Waals surface area contributed by atoms with Crippen molar-refractivity contribution in [1.29, 1.82) is 0 Å². The van der Waals surface area contributed by atoms with Gasteiger partial charge >= 0.3 is 17.9 Å². The lowest BCUT2D eigenvalue weighted by molar-refractivity contribution is -0.144. The molecule has 8 amide bonds. The van der Waals surface area contributed by atoms with Crippen molar-refractivity contribution in [1.82, 2.24) is 31.9 Å². The van der Waals surface area contributed by atoms with Crippen molar-refractivity contribution in [3.8, 4) is 0 Å². The maximum absolute atomic E-state index is 13.2. The average Bonchev–Trinajstić information content (AvgIpc) is 3.06. The summed E-state index contributed by atoms with van der Waals surface area (Å²) in [7, 11) is 0. The van der Waals surface area contributed by atoms with Gasteiger partial charge in [0.15, 0.2) is 0 Å². The molecule has 0 bridgehead atoms. The molecule has 0 aromatic heterocycles. The Labute approximate surface area is 308 Å². The van der Waals surface area contributed by atoms with Gasteiger partial charge in [-0.3, -0.25) is 47.9 Å². The van der Waals surface area contributed by atoms with E-state index in [1.807, 2.05) is 5.32 Å². The molecule has 0 rings (SSSR count). The van der Waals surface area contributed by atoms with Crippen molar-refractivity contribution in [2.24, 2.45) is 23.1 Å². The van der Waals surface area contributed by atoms with E-state index in [-0.39, 0.29) is 25.2 Å². The zero-order chi connectivity index (χ0) is 41.7. The third kappa shape index (κ3) is 19.6. The minimum Gasteiger partial charge on any atom is -0.481 e. The lowest BCUT2D eigenvalue weighted by atomic mass is 10.0. The number of hydrogen-bond donors (Lipinski definition) is 13. The van der Waals surface area contributed by atoms with Gasteiger partial charge in [0.25, 0.3) is 0 Å². The van der Waals surface area contributed by atoms with Gasteiger partial charge < -0.3 is 69.5 Å². The van der Waals surface area contributed by atoms with Crippen LogP contribution in [0.4, 0.5) is 0 Å². The molecular weight excluding hydrogens is 726 g/mol. The van der Waals surface area contributed by atoms with E-state index in [0.29, 0.717) is 0 Å². The summed E-state index contributed by atoms with van der Waals surface area (Å²) in [5.74, 6) is -13.3. The van der Waals surface area contributed by atoms with Crippen LogP contribution in [-0.2, 0) is 52.7 Å². The zero-order valence-electron chi connectivity index (χ0n) is 29.6. The summed E-state index contributed by atoms with van der Waals surface area (Å²) in [6.07, 6.45) is -3.99. The molecule has 16 N–H and O–H groups in total. The summed E-state index contributed by atoms with van der Waals surface area (Å²) in [4.78, 5) is 134. The van der Waals surface area contributed by atoms with Crippen molar-refractivity contribution in [3.63, 3.8) is 0 Å². The molecule has 6 unspecified atom stereocenters. The highest BCUT2D eigenvalue weighted by atomic mass is 16.4. The highest BCUT2D eigenvalue weighted by molar-refractivity contribution is 5.98. The second-order valence-electron chi connectivity index (χ2n) is 12.3. The van der Waals surface area contributed by atoms with Gasteiger partial charge in [-0.15, -0.1) is 0 Å². The van der Waals surface area contributed by atoms with Gasteiger partial charge in [0, 0.05) is 19.3 Å². The molecule has 0 aliphatic carbocycles. The smallest absolute Gasteiger partial charge is 0.326 e. The molecule has 0 aliphatic rings. The number of carbonyl (C=O) groups excluding carboxylic acids is 8. The lowest BCUT2D eigenvalue weighted by Crippen LogP contribution is -2.60. The van der Waals surface area contributed by atoms with Crippen molar-refractivity contribution < 1.29 is 73.2 Å². The molecule has 24 heteroatoms. The molecular formula is C30H49N9O15. The van der Waals surface area contributed by atoms with Gasteiger partial charge in [-0.05, 0) is 31.6 Å². The Morgan fingerprint density at radius 3 is 1.33 bits per heavy atom. The fourth-order valence-corrected chi connectivity index (χ4v) is 4.53. The normalized spacial score (nSPS) is 14.1. The second kappa shape index (κ2) is 24.4. The number of carbonyl (C=O) groups is 11. The number of nitrogens with one attached hydrogen (secondary N) is 6. The molecule has 24 nitrogen and oxygen atoms in total. The van der Waals surface area contributed by atoms with Crippen LogP contribution in [0.1, 0.15) is 65.2 Å². The van der Waals surface area contributed by atoms with Crippen LogP contribution in [0.25, 0.3) is 0 Å². The summed E-state index contributed by atoms with van der Waals surface area (Å²) in [5, 5.41) is 50.6. The molecule has 0 spiro atoms. The topological polar surface area (TPSA) is 419 Å². The summed E-state index contributed by atoms with van der Waals surface area (Å²) in [5.41, 5.74) is 15.5. The number of hydrogen-bond acceptors (Lipinski definition) is 13. The summed E-state index contributed by atoms with van der Waals surface area (Å²) < 4.78 is 0. The van der Waals surface area contributed by atoms with Crippen LogP contribution < -0.4 is 49.1 Å². The number of carboxylic acid groups (broad SMARTS) is 3. The molecule has 0 saturated carbocycles. The van der Waals surface area contributed by atoms with E-state index in [4.69, 9.17) is 22.3 Å². The van der Waals surface area contributed by atoms with Gasteiger partial charge in [0.1, 0.15) is 36.3 Å². The Morgan fingerprint density at radius 1 is 0.519 bits per heavy atom. The van der Waals surface area contributed by atoms with Gasteiger partial charge in [-0.2, -0.15) is 0 Å². The molecule has 54 heavy (non-hydrogen) atoms. The molecule has 0 aromatic carbocycles. The van der Waals surface area contributed by atoms with Gasteiger partial charge in [0.05, 0.1) is 19.6 Å². The summed E-state index contributed by atoms with van der Waals surface area (Å²) in [6, 6.07) is -10.1. The van der Waals surface area contributed by atoms with Crippen molar-refractivity contribution >= 4 is 65.2 Å². The van der Waals surface area contributed by atoms with Gasteiger partial charge in [-0.25, -0.2) is 4.79 Å². The number of carboxylic acids is 3. The number of primary amides is 2. The van der Waals surface area contributed by atoms with E-state index in [9.17, 15) is 68.1 Å². The molecule has 0 aromatic rings. The first-order chi connectivity index (χ1) is 25.1. The Kier molecular flexibility index (Phi) is 21.7. The molecule has 0 radical (unpaired) electrons. The van der Waals surface area contributed by atoms with E-state index in [1.165, 1.54) is 0 Å². The van der Waals surface area contributed by atoms with E-state index in [1.54, 1.807) is 13.8 Å². The van der Waals surface area contributed by atoms with Crippen LogP contribution >= 0.6 is 0 Å². The monoisotopic (exact) mass is 775 g/mol. The maximum atomic E-state index is 13.2. The quantitative estimate of drug-likeness (QED) is 0.0369. The van der Waals surface area contributed by atoms with Crippen molar-refractivity contribution in [2.45, 2.75) is 101 Å². The Balaban J connectivity index is 6.14. The number of aliphatic hydroxyl groups excluding tert-OH is 1. The lowest BCUT2D eigenvalue weighted by Gasteiger charge is -2.27. The number of rotatable bonds is 27. The van der Waals surface area contributed by atoms with Gasteiger partial charge in [0.2, 0.25) is 47.3 Å². The predicted molar refractivity (Wildman–Crippen MR) is 181 cm³/mol. The number of aliphatic hydroxyl groups is 1. The number of amides is 8. The minimum atomic E-state index is -1.95. The first kappa shape index (κ1) is 48.1.